The molecule has 0 saturated carbocycles. The Morgan fingerprint density at radius 3 is 3.09 bits per heavy atom. The van der Waals surface area contributed by atoms with Gasteiger partial charge in [0, 0.05) is 18.4 Å². The number of rotatable bonds is 3. The van der Waals surface area contributed by atoms with Gasteiger partial charge in [0.05, 0.1) is 0 Å². The van der Waals surface area contributed by atoms with Gasteiger partial charge in [-0.1, -0.05) is 22.0 Å². The summed E-state index contributed by atoms with van der Waals surface area (Å²) >= 11 is 3.54. The van der Waals surface area contributed by atoms with E-state index in [4.69, 9.17) is 0 Å². The predicted octanol–water partition coefficient (Wildman–Crippen LogP) is 2.28. The van der Waals surface area contributed by atoms with Crippen LogP contribution in [0, 0.1) is 5.92 Å². The Labute approximate surface area is 77.6 Å². The van der Waals surface area contributed by atoms with Gasteiger partial charge in [0.15, 0.2) is 0 Å². The Hall–Kier alpha value is 0.180. The van der Waals surface area contributed by atoms with Crippen LogP contribution in [0.15, 0.2) is 12.7 Å². The zero-order valence-corrected chi connectivity index (χ0v) is 8.52. The summed E-state index contributed by atoms with van der Waals surface area (Å²) in [7, 11) is 0. The van der Waals surface area contributed by atoms with Gasteiger partial charge in [0.1, 0.15) is 0 Å². The van der Waals surface area contributed by atoms with Crippen LogP contribution in [-0.4, -0.2) is 29.9 Å². The highest BCUT2D eigenvalue weighted by molar-refractivity contribution is 9.09. The van der Waals surface area contributed by atoms with Crippen molar-refractivity contribution < 1.29 is 0 Å². The molecule has 0 radical (unpaired) electrons. The van der Waals surface area contributed by atoms with Gasteiger partial charge >= 0.3 is 0 Å². The molecule has 0 amide bonds. The Bertz CT molecular complexity index is 125. The van der Waals surface area contributed by atoms with Crippen LogP contribution in [0.5, 0.6) is 0 Å². The first-order valence-corrected chi connectivity index (χ1v) is 5.38. The molecule has 1 atom stereocenters. The predicted molar refractivity (Wildman–Crippen MR) is 53.2 cm³/mol. The summed E-state index contributed by atoms with van der Waals surface area (Å²) in [6.45, 7) is 7.32. The molecule has 0 bridgehead atoms. The number of hydrogen-bond donors (Lipinski definition) is 0. The Morgan fingerprint density at radius 2 is 2.45 bits per heavy atom. The highest BCUT2D eigenvalue weighted by Gasteiger charge is 2.17. The van der Waals surface area contributed by atoms with Crippen molar-refractivity contribution in [2.75, 3.05) is 25.0 Å². The maximum atomic E-state index is 3.75. The fraction of sp³-hybridized carbons (Fsp3) is 0.778. The van der Waals surface area contributed by atoms with E-state index in [1.54, 1.807) is 0 Å². The molecule has 64 valence electrons. The van der Waals surface area contributed by atoms with Crippen LogP contribution < -0.4 is 0 Å². The van der Waals surface area contributed by atoms with E-state index in [-0.39, 0.29) is 0 Å². The summed E-state index contributed by atoms with van der Waals surface area (Å²) in [6, 6.07) is 0. The molecular weight excluding hydrogens is 202 g/mol. The molecule has 0 aromatic rings. The van der Waals surface area contributed by atoms with Crippen LogP contribution in [0.25, 0.3) is 0 Å². The monoisotopic (exact) mass is 217 g/mol. The minimum atomic E-state index is 0.865. The van der Waals surface area contributed by atoms with Crippen molar-refractivity contribution in [3.8, 4) is 0 Å². The Kier molecular flexibility index (Phi) is 4.16. The van der Waals surface area contributed by atoms with Crippen LogP contribution in [0.3, 0.4) is 0 Å². The number of nitrogens with zero attached hydrogens (tertiary/aromatic N) is 1. The van der Waals surface area contributed by atoms with Crippen molar-refractivity contribution in [1.82, 2.24) is 4.90 Å². The van der Waals surface area contributed by atoms with Crippen LogP contribution >= 0.6 is 15.9 Å². The van der Waals surface area contributed by atoms with Crippen molar-refractivity contribution in [3.63, 3.8) is 0 Å². The van der Waals surface area contributed by atoms with Gasteiger partial charge in [0.25, 0.3) is 0 Å². The van der Waals surface area contributed by atoms with Crippen molar-refractivity contribution >= 4 is 15.9 Å². The standard InChI is InChI=1S/C9H16BrN/c1-2-5-11-6-3-4-9(7-10)8-11/h2,9H,1,3-8H2/t9-/m0/s1. The number of halogens is 1. The van der Waals surface area contributed by atoms with Crippen LogP contribution in [-0.2, 0) is 0 Å². The van der Waals surface area contributed by atoms with Crippen LogP contribution in [0.2, 0.25) is 0 Å². The summed E-state index contributed by atoms with van der Waals surface area (Å²) in [5, 5.41) is 1.15. The third-order valence-corrected chi connectivity index (χ3v) is 3.12. The van der Waals surface area contributed by atoms with Gasteiger partial charge in [-0.25, -0.2) is 0 Å². The van der Waals surface area contributed by atoms with E-state index in [2.05, 4.69) is 27.4 Å². The van der Waals surface area contributed by atoms with Gasteiger partial charge < -0.3 is 0 Å². The first kappa shape index (κ1) is 9.27. The molecule has 0 spiro atoms. The average Bonchev–Trinajstić information content (AvgIpc) is 2.06. The van der Waals surface area contributed by atoms with E-state index in [1.165, 1.54) is 25.9 Å². The van der Waals surface area contributed by atoms with Gasteiger partial charge in [0.2, 0.25) is 0 Å². The van der Waals surface area contributed by atoms with E-state index in [9.17, 15) is 0 Å². The molecule has 0 aliphatic carbocycles. The molecule has 2 heteroatoms. The average molecular weight is 218 g/mol. The fourth-order valence-electron chi connectivity index (χ4n) is 1.63. The SMILES string of the molecule is C=CCN1CCC[C@@H](CBr)C1. The summed E-state index contributed by atoms with van der Waals surface area (Å²) in [4.78, 5) is 2.47. The molecule has 0 N–H and O–H groups in total. The lowest BCUT2D eigenvalue weighted by atomic mass is 10.0. The minimum Gasteiger partial charge on any atom is -0.299 e. The van der Waals surface area contributed by atoms with Gasteiger partial charge in [-0.15, -0.1) is 6.58 Å². The molecule has 1 saturated heterocycles. The first-order chi connectivity index (χ1) is 5.36. The number of piperidine rings is 1. The van der Waals surface area contributed by atoms with E-state index in [0.717, 1.165) is 17.8 Å². The number of likely N-dealkylation sites (tertiary alicyclic amines) is 1. The van der Waals surface area contributed by atoms with Crippen molar-refractivity contribution in [3.05, 3.63) is 12.7 Å². The molecule has 1 aliphatic heterocycles. The summed E-state index contributed by atoms with van der Waals surface area (Å²) < 4.78 is 0. The lowest BCUT2D eigenvalue weighted by molar-refractivity contribution is 0.205. The molecule has 11 heavy (non-hydrogen) atoms. The lowest BCUT2D eigenvalue weighted by Crippen LogP contribution is -2.35. The second kappa shape index (κ2) is 4.94. The molecule has 1 heterocycles. The third kappa shape index (κ3) is 2.96. The molecular formula is C9H16BrN. The second-order valence-corrected chi connectivity index (χ2v) is 3.86. The first-order valence-electron chi connectivity index (χ1n) is 4.26. The Morgan fingerprint density at radius 1 is 1.64 bits per heavy atom. The molecule has 0 unspecified atom stereocenters. The maximum Gasteiger partial charge on any atom is 0.0160 e. The highest BCUT2D eigenvalue weighted by Crippen LogP contribution is 2.17. The fourth-order valence-corrected chi connectivity index (χ4v) is 2.15. The van der Waals surface area contributed by atoms with E-state index < -0.39 is 0 Å². The minimum absolute atomic E-state index is 0.865. The second-order valence-electron chi connectivity index (χ2n) is 3.21. The smallest absolute Gasteiger partial charge is 0.0160 e. The molecule has 1 aliphatic rings. The highest BCUT2D eigenvalue weighted by atomic mass is 79.9. The van der Waals surface area contributed by atoms with E-state index >= 15 is 0 Å². The van der Waals surface area contributed by atoms with Crippen LogP contribution in [0.1, 0.15) is 12.8 Å². The van der Waals surface area contributed by atoms with Crippen molar-refractivity contribution in [1.29, 1.82) is 0 Å². The van der Waals surface area contributed by atoms with Gasteiger partial charge in [-0.05, 0) is 25.3 Å². The summed E-state index contributed by atoms with van der Waals surface area (Å²) in [5.74, 6) is 0.865. The summed E-state index contributed by atoms with van der Waals surface area (Å²) in [6.07, 6.45) is 4.74. The normalized spacial score (nSPS) is 26.8. The Balaban J connectivity index is 2.27. The van der Waals surface area contributed by atoms with Crippen LogP contribution in [0.4, 0.5) is 0 Å². The summed E-state index contributed by atoms with van der Waals surface area (Å²) in [5.41, 5.74) is 0. The topological polar surface area (TPSA) is 3.24 Å². The molecule has 1 nitrogen and oxygen atoms in total. The zero-order chi connectivity index (χ0) is 8.10. The quantitative estimate of drug-likeness (QED) is 0.519. The zero-order valence-electron chi connectivity index (χ0n) is 6.93. The van der Waals surface area contributed by atoms with E-state index in [0.29, 0.717) is 0 Å². The number of alkyl halides is 1. The van der Waals surface area contributed by atoms with Gasteiger partial charge in [-0.2, -0.15) is 0 Å². The largest absolute Gasteiger partial charge is 0.299 e. The third-order valence-electron chi connectivity index (χ3n) is 2.21. The molecule has 1 fully saturated rings. The van der Waals surface area contributed by atoms with E-state index in [1.807, 2.05) is 6.08 Å². The van der Waals surface area contributed by atoms with Crippen molar-refractivity contribution in [2.45, 2.75) is 12.8 Å². The lowest BCUT2D eigenvalue weighted by Gasteiger charge is -2.30. The number of hydrogen-bond acceptors (Lipinski definition) is 1. The molecule has 1 rings (SSSR count). The van der Waals surface area contributed by atoms with Gasteiger partial charge in [-0.3, -0.25) is 4.90 Å². The maximum absolute atomic E-state index is 3.75. The van der Waals surface area contributed by atoms with Crippen molar-refractivity contribution in [2.24, 2.45) is 5.92 Å². The molecule has 0 aromatic carbocycles. The molecule has 0 aromatic heterocycles.